The van der Waals surface area contributed by atoms with Gasteiger partial charge in [-0.2, -0.15) is 0 Å². The standard InChI is InChI=1S/C10H22O.H3N/c1-3-5-7-9-11-10-8-6-4-2;/h3-10H2,1-2H3;1H3. The van der Waals surface area contributed by atoms with E-state index in [-0.39, 0.29) is 6.15 Å². The van der Waals surface area contributed by atoms with Crippen LogP contribution in [0.4, 0.5) is 0 Å². The molecule has 0 aliphatic heterocycles. The quantitative estimate of drug-likeness (QED) is 0.573. The highest BCUT2D eigenvalue weighted by molar-refractivity contribution is 4.38. The minimum atomic E-state index is 0. The lowest BCUT2D eigenvalue weighted by Crippen LogP contribution is -1.96. The highest BCUT2D eigenvalue weighted by Gasteiger charge is 1.88. The number of unbranched alkanes of at least 4 members (excludes halogenated alkanes) is 4. The average Bonchev–Trinajstić information content (AvgIpc) is 2.03. The second-order valence-corrected chi connectivity index (χ2v) is 3.03. The van der Waals surface area contributed by atoms with Crippen molar-refractivity contribution in [2.24, 2.45) is 0 Å². The number of ether oxygens (including phenoxy) is 1. The molecule has 0 saturated carbocycles. The predicted octanol–water partition coefficient (Wildman–Crippen LogP) is 3.55. The zero-order valence-corrected chi connectivity index (χ0v) is 8.77. The molecule has 0 bridgehead atoms. The molecule has 0 aliphatic rings. The first kappa shape index (κ1) is 14.4. The van der Waals surface area contributed by atoms with Crippen molar-refractivity contribution in [2.45, 2.75) is 52.4 Å². The third-order valence-electron chi connectivity index (χ3n) is 1.78. The number of hydrogen-bond acceptors (Lipinski definition) is 2. The zero-order valence-electron chi connectivity index (χ0n) is 8.77. The van der Waals surface area contributed by atoms with Crippen LogP contribution in [0.3, 0.4) is 0 Å². The third kappa shape index (κ3) is 12.6. The van der Waals surface area contributed by atoms with Crippen molar-refractivity contribution in [1.29, 1.82) is 0 Å². The fourth-order valence-electron chi connectivity index (χ4n) is 1.01. The summed E-state index contributed by atoms with van der Waals surface area (Å²) in [5, 5.41) is 0. The molecule has 2 heteroatoms. The smallest absolute Gasteiger partial charge is 0.0466 e. The lowest BCUT2D eigenvalue weighted by atomic mass is 10.2. The molecule has 3 N–H and O–H groups in total. The van der Waals surface area contributed by atoms with E-state index in [1.54, 1.807) is 0 Å². The Labute approximate surface area is 77.3 Å². The highest BCUT2D eigenvalue weighted by Crippen LogP contribution is 1.97. The first-order valence-electron chi connectivity index (χ1n) is 4.99. The summed E-state index contributed by atoms with van der Waals surface area (Å²) in [6.07, 6.45) is 7.68. The lowest BCUT2D eigenvalue weighted by molar-refractivity contribution is 0.126. The third-order valence-corrected chi connectivity index (χ3v) is 1.78. The van der Waals surface area contributed by atoms with Crippen molar-refractivity contribution in [3.63, 3.8) is 0 Å². The van der Waals surface area contributed by atoms with Crippen molar-refractivity contribution in [2.75, 3.05) is 13.2 Å². The summed E-state index contributed by atoms with van der Waals surface area (Å²) in [4.78, 5) is 0. The van der Waals surface area contributed by atoms with E-state index in [0.717, 1.165) is 13.2 Å². The van der Waals surface area contributed by atoms with Crippen LogP contribution in [0.25, 0.3) is 0 Å². The Balaban J connectivity index is 0. The molecule has 0 unspecified atom stereocenters. The van der Waals surface area contributed by atoms with Gasteiger partial charge in [-0.1, -0.05) is 39.5 Å². The summed E-state index contributed by atoms with van der Waals surface area (Å²) in [6, 6.07) is 0. The maximum Gasteiger partial charge on any atom is 0.0466 e. The zero-order chi connectivity index (χ0) is 8.36. The number of rotatable bonds is 8. The van der Waals surface area contributed by atoms with E-state index in [9.17, 15) is 0 Å². The molecule has 76 valence electrons. The van der Waals surface area contributed by atoms with Crippen molar-refractivity contribution in [3.05, 3.63) is 0 Å². The van der Waals surface area contributed by atoms with Crippen molar-refractivity contribution in [3.8, 4) is 0 Å². The van der Waals surface area contributed by atoms with Gasteiger partial charge in [-0.05, 0) is 12.8 Å². The molecule has 0 radical (unpaired) electrons. The second kappa shape index (κ2) is 13.5. The SMILES string of the molecule is CCCCCOCCCCC.N. The summed E-state index contributed by atoms with van der Waals surface area (Å²) < 4.78 is 5.44. The van der Waals surface area contributed by atoms with Crippen molar-refractivity contribution in [1.82, 2.24) is 6.15 Å². The summed E-state index contributed by atoms with van der Waals surface area (Å²) in [7, 11) is 0. The lowest BCUT2D eigenvalue weighted by Gasteiger charge is -2.01. The van der Waals surface area contributed by atoms with E-state index in [2.05, 4.69) is 13.8 Å². The van der Waals surface area contributed by atoms with Crippen LogP contribution in [0.1, 0.15) is 52.4 Å². The van der Waals surface area contributed by atoms with Crippen LogP contribution in [-0.4, -0.2) is 13.2 Å². The van der Waals surface area contributed by atoms with Gasteiger partial charge in [-0.15, -0.1) is 0 Å². The average molecular weight is 175 g/mol. The summed E-state index contributed by atoms with van der Waals surface area (Å²) in [5.74, 6) is 0. The van der Waals surface area contributed by atoms with E-state index in [0.29, 0.717) is 0 Å². The molecule has 0 aromatic rings. The molecule has 0 aromatic carbocycles. The summed E-state index contributed by atoms with van der Waals surface area (Å²) >= 11 is 0. The highest BCUT2D eigenvalue weighted by atomic mass is 16.5. The first-order chi connectivity index (χ1) is 5.41. The van der Waals surface area contributed by atoms with Gasteiger partial charge in [0.25, 0.3) is 0 Å². The minimum Gasteiger partial charge on any atom is -0.381 e. The maximum atomic E-state index is 5.44. The van der Waals surface area contributed by atoms with Gasteiger partial charge in [0.1, 0.15) is 0 Å². The molecule has 2 nitrogen and oxygen atoms in total. The Hall–Kier alpha value is -0.0800. The normalized spacial score (nSPS) is 9.50. The van der Waals surface area contributed by atoms with Gasteiger partial charge < -0.3 is 10.9 Å². The summed E-state index contributed by atoms with van der Waals surface area (Å²) in [5.41, 5.74) is 0. The molecule has 0 atom stereocenters. The monoisotopic (exact) mass is 175 g/mol. The van der Waals surface area contributed by atoms with Gasteiger partial charge in [0.15, 0.2) is 0 Å². The van der Waals surface area contributed by atoms with E-state index in [1.807, 2.05) is 0 Å². The van der Waals surface area contributed by atoms with Crippen molar-refractivity contribution < 1.29 is 4.74 Å². The van der Waals surface area contributed by atoms with Crippen molar-refractivity contribution >= 4 is 0 Å². The van der Waals surface area contributed by atoms with Crippen LogP contribution >= 0.6 is 0 Å². The van der Waals surface area contributed by atoms with E-state index in [1.165, 1.54) is 38.5 Å². The second-order valence-electron chi connectivity index (χ2n) is 3.03. The van der Waals surface area contributed by atoms with Gasteiger partial charge in [0.2, 0.25) is 0 Å². The van der Waals surface area contributed by atoms with E-state index < -0.39 is 0 Å². The molecule has 0 spiro atoms. The molecule has 0 saturated heterocycles. The van der Waals surface area contributed by atoms with Gasteiger partial charge >= 0.3 is 0 Å². The predicted molar refractivity (Wildman–Crippen MR) is 54.9 cm³/mol. The van der Waals surface area contributed by atoms with E-state index in [4.69, 9.17) is 4.74 Å². The molecule has 0 amide bonds. The molecular weight excluding hydrogens is 150 g/mol. The largest absolute Gasteiger partial charge is 0.381 e. The minimum absolute atomic E-state index is 0. The van der Waals surface area contributed by atoms with Crippen LogP contribution < -0.4 is 6.15 Å². The van der Waals surface area contributed by atoms with Crippen LogP contribution in [0, 0.1) is 0 Å². The first-order valence-corrected chi connectivity index (χ1v) is 4.99. The van der Waals surface area contributed by atoms with E-state index >= 15 is 0 Å². The maximum absolute atomic E-state index is 5.44. The molecule has 0 fully saturated rings. The fourth-order valence-corrected chi connectivity index (χ4v) is 1.01. The van der Waals surface area contributed by atoms with Gasteiger partial charge in [0.05, 0.1) is 0 Å². The molecule has 0 aliphatic carbocycles. The van der Waals surface area contributed by atoms with Gasteiger partial charge in [-0.25, -0.2) is 0 Å². The Morgan fingerprint density at radius 1 is 0.750 bits per heavy atom. The molecular formula is C10H25NO. The van der Waals surface area contributed by atoms with Crippen LogP contribution in [0.2, 0.25) is 0 Å². The van der Waals surface area contributed by atoms with Crippen LogP contribution in [-0.2, 0) is 4.74 Å². The Bertz CT molecular complexity index is 58.9. The van der Waals surface area contributed by atoms with Gasteiger partial charge in [0, 0.05) is 13.2 Å². The molecule has 0 heterocycles. The molecule has 0 rings (SSSR count). The molecule has 0 aromatic heterocycles. The Kier molecular flexibility index (Phi) is 16.3. The Morgan fingerprint density at radius 3 is 1.50 bits per heavy atom. The Morgan fingerprint density at radius 2 is 1.17 bits per heavy atom. The number of hydrogen-bond donors (Lipinski definition) is 1. The topological polar surface area (TPSA) is 44.2 Å². The fraction of sp³-hybridized carbons (Fsp3) is 1.00. The van der Waals surface area contributed by atoms with Crippen LogP contribution in [0.15, 0.2) is 0 Å². The summed E-state index contributed by atoms with van der Waals surface area (Å²) in [6.45, 7) is 6.38. The molecule has 12 heavy (non-hydrogen) atoms. The van der Waals surface area contributed by atoms with Crippen LogP contribution in [0.5, 0.6) is 0 Å². The van der Waals surface area contributed by atoms with Gasteiger partial charge in [-0.3, -0.25) is 0 Å².